The molecule has 0 aliphatic carbocycles. The smallest absolute Gasteiger partial charge is 0.0777 e. The minimum Gasteiger partial charge on any atom is -0.315 e. The van der Waals surface area contributed by atoms with E-state index >= 15 is 0 Å². The molecule has 1 aliphatic rings. The number of aryl methyl sites for hydroxylation is 1. The summed E-state index contributed by atoms with van der Waals surface area (Å²) < 4.78 is 0. The molecule has 1 fully saturated rings. The second-order valence-electron chi connectivity index (χ2n) is 6.89. The minimum absolute atomic E-state index is 0.212. The highest BCUT2D eigenvalue weighted by molar-refractivity contribution is 5.78. The third-order valence-electron chi connectivity index (χ3n) is 5.00. The zero-order valence-corrected chi connectivity index (χ0v) is 14.8. The predicted octanol–water partition coefficient (Wildman–Crippen LogP) is 3.93. The van der Waals surface area contributed by atoms with Gasteiger partial charge in [-0.15, -0.1) is 0 Å². The van der Waals surface area contributed by atoms with E-state index in [0.717, 1.165) is 37.4 Å². The standard InChI is InChI=1S/C22H25N3/c1-17-6-4-8-19(16-17)22(25-14-5-12-23-13-15-25)21-11-10-18-7-2-3-9-20(18)24-21/h2-4,6-11,16,22-23H,5,12-15H2,1H3. The molecule has 25 heavy (non-hydrogen) atoms. The van der Waals surface area contributed by atoms with Gasteiger partial charge in [-0.05, 0) is 37.6 Å². The topological polar surface area (TPSA) is 28.2 Å². The van der Waals surface area contributed by atoms with Crippen LogP contribution in [0.5, 0.6) is 0 Å². The van der Waals surface area contributed by atoms with E-state index < -0.39 is 0 Å². The number of fused-ring (bicyclic) bond motifs is 1. The molecule has 4 rings (SSSR count). The fraction of sp³-hybridized carbons (Fsp3) is 0.318. The molecule has 1 aromatic heterocycles. The summed E-state index contributed by atoms with van der Waals surface area (Å²) in [5, 5.41) is 4.71. The van der Waals surface area contributed by atoms with Crippen LogP contribution in [0.4, 0.5) is 0 Å². The number of hydrogen-bond donors (Lipinski definition) is 1. The fourth-order valence-electron chi connectivity index (χ4n) is 3.77. The highest BCUT2D eigenvalue weighted by Gasteiger charge is 2.24. The molecule has 0 amide bonds. The molecular formula is C22H25N3. The lowest BCUT2D eigenvalue weighted by Crippen LogP contribution is -2.33. The van der Waals surface area contributed by atoms with E-state index in [1.165, 1.54) is 22.9 Å². The van der Waals surface area contributed by atoms with Crippen molar-refractivity contribution in [2.24, 2.45) is 0 Å². The first-order valence-electron chi connectivity index (χ1n) is 9.18. The van der Waals surface area contributed by atoms with Crippen molar-refractivity contribution in [2.75, 3.05) is 26.2 Å². The average Bonchev–Trinajstić information content (AvgIpc) is 2.91. The number of para-hydroxylation sites is 1. The summed E-state index contributed by atoms with van der Waals surface area (Å²) in [6.45, 7) is 6.45. The lowest BCUT2D eigenvalue weighted by molar-refractivity contribution is 0.237. The zero-order valence-electron chi connectivity index (χ0n) is 14.8. The molecule has 3 aromatic rings. The van der Waals surface area contributed by atoms with E-state index in [4.69, 9.17) is 4.98 Å². The first-order chi connectivity index (χ1) is 12.3. The van der Waals surface area contributed by atoms with Crippen LogP contribution in [0.2, 0.25) is 0 Å². The van der Waals surface area contributed by atoms with Crippen molar-refractivity contribution in [2.45, 2.75) is 19.4 Å². The van der Waals surface area contributed by atoms with Gasteiger partial charge in [-0.25, -0.2) is 0 Å². The maximum absolute atomic E-state index is 5.03. The van der Waals surface area contributed by atoms with Gasteiger partial charge in [-0.1, -0.05) is 54.1 Å². The van der Waals surface area contributed by atoms with E-state index in [2.05, 4.69) is 77.8 Å². The van der Waals surface area contributed by atoms with Crippen LogP contribution < -0.4 is 5.32 Å². The predicted molar refractivity (Wildman–Crippen MR) is 104 cm³/mol. The molecule has 1 atom stereocenters. The average molecular weight is 331 g/mol. The molecule has 0 bridgehead atoms. The lowest BCUT2D eigenvalue weighted by atomic mass is 9.98. The number of pyridine rings is 1. The van der Waals surface area contributed by atoms with E-state index in [1.54, 1.807) is 0 Å². The largest absolute Gasteiger partial charge is 0.315 e. The molecule has 128 valence electrons. The van der Waals surface area contributed by atoms with E-state index in [0.29, 0.717) is 0 Å². The SMILES string of the molecule is Cc1cccc(C(c2ccc3ccccc3n2)N2CCCNCC2)c1. The molecule has 0 radical (unpaired) electrons. The van der Waals surface area contributed by atoms with Gasteiger partial charge in [-0.2, -0.15) is 0 Å². The highest BCUT2D eigenvalue weighted by atomic mass is 15.2. The Morgan fingerprint density at radius 2 is 1.88 bits per heavy atom. The monoisotopic (exact) mass is 331 g/mol. The van der Waals surface area contributed by atoms with Crippen molar-refractivity contribution in [1.82, 2.24) is 15.2 Å². The van der Waals surface area contributed by atoms with Gasteiger partial charge < -0.3 is 5.32 Å². The Labute approximate surface area is 149 Å². The van der Waals surface area contributed by atoms with Gasteiger partial charge in [0, 0.05) is 25.0 Å². The summed E-state index contributed by atoms with van der Waals surface area (Å²) >= 11 is 0. The van der Waals surface area contributed by atoms with Gasteiger partial charge in [0.2, 0.25) is 0 Å². The van der Waals surface area contributed by atoms with Crippen molar-refractivity contribution in [1.29, 1.82) is 0 Å². The lowest BCUT2D eigenvalue weighted by Gasteiger charge is -2.31. The Hall–Kier alpha value is -2.23. The third-order valence-corrected chi connectivity index (χ3v) is 5.00. The van der Waals surface area contributed by atoms with Crippen LogP contribution in [0.25, 0.3) is 10.9 Å². The van der Waals surface area contributed by atoms with Crippen LogP contribution in [0.1, 0.15) is 29.3 Å². The second kappa shape index (κ2) is 7.34. The molecule has 3 heteroatoms. The molecular weight excluding hydrogens is 306 g/mol. The van der Waals surface area contributed by atoms with Gasteiger partial charge in [-0.3, -0.25) is 9.88 Å². The van der Waals surface area contributed by atoms with Gasteiger partial charge in [0.15, 0.2) is 0 Å². The molecule has 1 unspecified atom stereocenters. The van der Waals surface area contributed by atoms with Crippen molar-refractivity contribution in [3.05, 3.63) is 77.5 Å². The second-order valence-corrected chi connectivity index (χ2v) is 6.89. The molecule has 1 aliphatic heterocycles. The van der Waals surface area contributed by atoms with Crippen LogP contribution in [0, 0.1) is 6.92 Å². The number of nitrogens with one attached hydrogen (secondary N) is 1. The molecule has 1 N–H and O–H groups in total. The maximum Gasteiger partial charge on any atom is 0.0777 e. The maximum atomic E-state index is 5.03. The highest BCUT2D eigenvalue weighted by Crippen LogP contribution is 2.29. The number of benzene rings is 2. The summed E-state index contributed by atoms with van der Waals surface area (Å²) in [6, 6.07) is 21.9. The Balaban J connectivity index is 1.80. The van der Waals surface area contributed by atoms with E-state index in [9.17, 15) is 0 Å². The molecule has 2 aromatic carbocycles. The summed E-state index contributed by atoms with van der Waals surface area (Å²) in [5.41, 5.74) is 4.86. The van der Waals surface area contributed by atoms with Gasteiger partial charge >= 0.3 is 0 Å². The van der Waals surface area contributed by atoms with Gasteiger partial charge in [0.25, 0.3) is 0 Å². The van der Waals surface area contributed by atoms with E-state index in [-0.39, 0.29) is 6.04 Å². The Morgan fingerprint density at radius 1 is 0.960 bits per heavy atom. The van der Waals surface area contributed by atoms with Crippen molar-refractivity contribution in [3.8, 4) is 0 Å². The number of hydrogen-bond acceptors (Lipinski definition) is 3. The summed E-state index contributed by atoms with van der Waals surface area (Å²) in [5.74, 6) is 0. The van der Waals surface area contributed by atoms with Crippen molar-refractivity contribution in [3.63, 3.8) is 0 Å². The summed E-state index contributed by atoms with van der Waals surface area (Å²) in [7, 11) is 0. The molecule has 2 heterocycles. The third kappa shape index (κ3) is 3.58. The normalized spacial score (nSPS) is 17.3. The molecule has 3 nitrogen and oxygen atoms in total. The summed E-state index contributed by atoms with van der Waals surface area (Å²) in [4.78, 5) is 7.60. The molecule has 0 spiro atoms. The van der Waals surface area contributed by atoms with E-state index in [1.807, 2.05) is 0 Å². The number of rotatable bonds is 3. The zero-order chi connectivity index (χ0) is 17.1. The first-order valence-corrected chi connectivity index (χ1v) is 9.18. The van der Waals surface area contributed by atoms with Gasteiger partial charge in [0.05, 0.1) is 17.3 Å². The Morgan fingerprint density at radius 3 is 2.80 bits per heavy atom. The quantitative estimate of drug-likeness (QED) is 0.788. The van der Waals surface area contributed by atoms with Crippen LogP contribution >= 0.6 is 0 Å². The van der Waals surface area contributed by atoms with Crippen LogP contribution in [0.15, 0.2) is 60.7 Å². The van der Waals surface area contributed by atoms with Crippen molar-refractivity contribution >= 4 is 10.9 Å². The fourth-order valence-corrected chi connectivity index (χ4v) is 3.77. The van der Waals surface area contributed by atoms with Crippen LogP contribution in [-0.2, 0) is 0 Å². The van der Waals surface area contributed by atoms with Crippen LogP contribution in [0.3, 0.4) is 0 Å². The number of nitrogens with zero attached hydrogens (tertiary/aromatic N) is 2. The first kappa shape index (κ1) is 16.2. The summed E-state index contributed by atoms with van der Waals surface area (Å²) in [6.07, 6.45) is 1.18. The molecule has 0 saturated carbocycles. The number of aromatic nitrogens is 1. The molecule has 1 saturated heterocycles. The Bertz CT molecular complexity index is 851. The Kier molecular flexibility index (Phi) is 4.77. The minimum atomic E-state index is 0.212. The van der Waals surface area contributed by atoms with Crippen molar-refractivity contribution < 1.29 is 0 Å². The van der Waals surface area contributed by atoms with Crippen LogP contribution in [-0.4, -0.2) is 36.1 Å². The van der Waals surface area contributed by atoms with Gasteiger partial charge in [0.1, 0.15) is 0 Å².